The Morgan fingerprint density at radius 1 is 1.33 bits per heavy atom. The molecule has 0 aliphatic heterocycles. The van der Waals surface area contributed by atoms with Gasteiger partial charge in [0.15, 0.2) is 0 Å². The predicted molar refractivity (Wildman–Crippen MR) is 75.7 cm³/mol. The number of unbranched alkanes of at least 4 members (excludes halogenated alkanes) is 1. The summed E-state index contributed by atoms with van der Waals surface area (Å²) in [5, 5.41) is 11.2. The Morgan fingerprint density at radius 3 is 2.76 bits per heavy atom. The van der Waals surface area contributed by atoms with Crippen LogP contribution in [0.5, 0.6) is 0 Å². The van der Waals surface area contributed by atoms with Gasteiger partial charge in [-0.05, 0) is 31.0 Å². The first-order valence-corrected chi connectivity index (χ1v) is 6.50. The van der Waals surface area contributed by atoms with Crippen LogP contribution in [0.2, 0.25) is 0 Å². The van der Waals surface area contributed by atoms with Crippen molar-refractivity contribution in [1.82, 2.24) is 5.32 Å². The van der Waals surface area contributed by atoms with E-state index in [0.29, 0.717) is 24.9 Å². The van der Waals surface area contributed by atoms with Gasteiger partial charge < -0.3 is 16.2 Å². The zero-order valence-corrected chi connectivity index (χ0v) is 11.5. The van der Waals surface area contributed by atoms with Crippen molar-refractivity contribution in [1.29, 1.82) is 0 Å². The van der Waals surface area contributed by atoms with Crippen LogP contribution < -0.4 is 11.1 Å². The summed E-state index contributed by atoms with van der Waals surface area (Å²) < 4.78 is 13.6. The molecule has 0 spiro atoms. The summed E-state index contributed by atoms with van der Waals surface area (Å²) in [6.45, 7) is 0.0247. The van der Waals surface area contributed by atoms with E-state index in [1.807, 2.05) is 0 Å². The van der Waals surface area contributed by atoms with Crippen molar-refractivity contribution in [2.24, 2.45) is 5.73 Å². The van der Waals surface area contributed by atoms with Crippen LogP contribution in [0.25, 0.3) is 0 Å². The molecule has 1 aromatic rings. The average Bonchev–Trinajstić information content (AvgIpc) is 2.45. The third kappa shape index (κ3) is 6.06. The highest BCUT2D eigenvalue weighted by molar-refractivity contribution is 5.94. The Hall–Kier alpha value is -2.39. The normalized spacial score (nSPS) is 9.62. The van der Waals surface area contributed by atoms with Crippen LogP contribution in [0.4, 0.5) is 4.39 Å². The van der Waals surface area contributed by atoms with Gasteiger partial charge in [0.2, 0.25) is 5.91 Å². The topological polar surface area (TPSA) is 92.4 Å². The average molecular weight is 292 g/mol. The van der Waals surface area contributed by atoms with E-state index < -0.39 is 11.7 Å². The number of rotatable bonds is 6. The minimum atomic E-state index is -0.640. The van der Waals surface area contributed by atoms with Gasteiger partial charge in [-0.3, -0.25) is 9.59 Å². The number of aliphatic hydroxyl groups is 1. The molecule has 2 amide bonds. The maximum atomic E-state index is 13.6. The minimum absolute atomic E-state index is 0.102. The largest absolute Gasteiger partial charge is 0.384 e. The van der Waals surface area contributed by atoms with E-state index in [1.165, 1.54) is 12.1 Å². The highest BCUT2D eigenvalue weighted by atomic mass is 19.1. The summed E-state index contributed by atoms with van der Waals surface area (Å²) >= 11 is 0. The quantitative estimate of drug-likeness (QED) is 0.528. The number of nitrogens with two attached hydrogens (primary N) is 1. The van der Waals surface area contributed by atoms with Gasteiger partial charge in [-0.1, -0.05) is 11.8 Å². The number of nitrogens with one attached hydrogen (secondary N) is 1. The maximum Gasteiger partial charge on any atom is 0.254 e. The van der Waals surface area contributed by atoms with Gasteiger partial charge in [-0.25, -0.2) is 4.39 Å². The highest BCUT2D eigenvalue weighted by Gasteiger charge is 2.11. The van der Waals surface area contributed by atoms with E-state index >= 15 is 0 Å². The van der Waals surface area contributed by atoms with Crippen molar-refractivity contribution in [3.63, 3.8) is 0 Å². The Kier molecular flexibility index (Phi) is 6.92. The molecule has 21 heavy (non-hydrogen) atoms. The summed E-state index contributed by atoms with van der Waals surface area (Å²) in [5.74, 6) is 3.47. The van der Waals surface area contributed by atoms with Crippen LogP contribution in [-0.2, 0) is 4.79 Å². The molecule has 0 fully saturated rings. The number of carbonyl (C=O) groups is 2. The van der Waals surface area contributed by atoms with E-state index in [4.69, 9.17) is 10.8 Å². The second-order valence-electron chi connectivity index (χ2n) is 4.33. The number of primary amides is 1. The van der Waals surface area contributed by atoms with Crippen molar-refractivity contribution < 1.29 is 19.1 Å². The number of aliphatic hydroxyl groups excluding tert-OH is 1. The molecule has 0 saturated carbocycles. The summed E-state index contributed by atoms with van der Waals surface area (Å²) in [4.78, 5) is 22.4. The lowest BCUT2D eigenvalue weighted by Gasteiger charge is -2.06. The molecule has 112 valence electrons. The molecule has 6 heteroatoms. The van der Waals surface area contributed by atoms with E-state index in [-0.39, 0.29) is 24.5 Å². The van der Waals surface area contributed by atoms with E-state index in [2.05, 4.69) is 17.2 Å². The van der Waals surface area contributed by atoms with Crippen LogP contribution in [0, 0.1) is 17.7 Å². The van der Waals surface area contributed by atoms with E-state index in [1.54, 1.807) is 0 Å². The molecule has 1 rings (SSSR count). The molecule has 0 aliphatic carbocycles. The monoisotopic (exact) mass is 292 g/mol. The van der Waals surface area contributed by atoms with Crippen molar-refractivity contribution in [3.8, 4) is 11.8 Å². The predicted octanol–water partition coefficient (Wildman–Crippen LogP) is 0.555. The number of hydrogen-bond donors (Lipinski definition) is 3. The Bertz CT molecular complexity index is 576. The minimum Gasteiger partial charge on any atom is -0.384 e. The fourth-order valence-electron chi connectivity index (χ4n) is 1.64. The van der Waals surface area contributed by atoms with Crippen LogP contribution in [0.3, 0.4) is 0 Å². The Balaban J connectivity index is 2.58. The fraction of sp³-hybridized carbons (Fsp3) is 0.333. The number of halogens is 1. The summed E-state index contributed by atoms with van der Waals surface area (Å²) in [7, 11) is 0. The molecule has 4 N–H and O–H groups in total. The van der Waals surface area contributed by atoms with E-state index in [9.17, 15) is 14.0 Å². The fourth-order valence-corrected chi connectivity index (χ4v) is 1.64. The zero-order chi connectivity index (χ0) is 15.7. The summed E-state index contributed by atoms with van der Waals surface area (Å²) in [6.07, 6.45) is 1.41. The Labute approximate surface area is 122 Å². The lowest BCUT2D eigenvalue weighted by atomic mass is 10.1. The molecule has 0 atom stereocenters. The molecule has 0 bridgehead atoms. The molecule has 0 aliphatic rings. The third-order valence-corrected chi connectivity index (χ3v) is 2.66. The second kappa shape index (κ2) is 8.72. The third-order valence-electron chi connectivity index (χ3n) is 2.66. The van der Waals surface area contributed by atoms with Crippen molar-refractivity contribution in [3.05, 3.63) is 35.1 Å². The number of amides is 2. The van der Waals surface area contributed by atoms with Crippen molar-refractivity contribution in [2.45, 2.75) is 19.3 Å². The molecule has 0 unspecified atom stereocenters. The van der Waals surface area contributed by atoms with Crippen molar-refractivity contribution >= 4 is 11.8 Å². The Morgan fingerprint density at radius 2 is 2.10 bits per heavy atom. The van der Waals surface area contributed by atoms with Crippen LogP contribution in [0.15, 0.2) is 18.2 Å². The van der Waals surface area contributed by atoms with Gasteiger partial charge in [0, 0.05) is 18.5 Å². The molecular formula is C15H17FN2O3. The van der Waals surface area contributed by atoms with Gasteiger partial charge in [-0.15, -0.1) is 0 Å². The summed E-state index contributed by atoms with van der Waals surface area (Å²) in [5.41, 5.74) is 5.34. The number of hydrogen-bond acceptors (Lipinski definition) is 3. The molecule has 1 aromatic carbocycles. The molecular weight excluding hydrogens is 275 g/mol. The van der Waals surface area contributed by atoms with Gasteiger partial charge in [0.25, 0.3) is 5.91 Å². The van der Waals surface area contributed by atoms with Gasteiger partial charge in [0.05, 0.1) is 5.56 Å². The van der Waals surface area contributed by atoms with Gasteiger partial charge >= 0.3 is 0 Å². The van der Waals surface area contributed by atoms with Crippen LogP contribution in [0.1, 0.15) is 35.2 Å². The highest BCUT2D eigenvalue weighted by Crippen LogP contribution is 2.10. The standard InChI is InChI=1S/C15H17FN2O3/c16-13-7-6-11(4-3-9-19)10-12(13)15(21)18-8-2-1-5-14(17)20/h6-7,10,19H,1-2,5,8-9H2,(H2,17,20)(H,18,21). The smallest absolute Gasteiger partial charge is 0.254 e. The molecule has 0 saturated heterocycles. The van der Waals surface area contributed by atoms with Crippen LogP contribution >= 0.6 is 0 Å². The SMILES string of the molecule is NC(=O)CCCCNC(=O)c1cc(C#CCO)ccc1F. The first kappa shape index (κ1) is 16.7. The maximum absolute atomic E-state index is 13.6. The van der Waals surface area contributed by atoms with Gasteiger partial charge in [-0.2, -0.15) is 0 Å². The number of carbonyl (C=O) groups excluding carboxylic acids is 2. The molecule has 0 radical (unpaired) electrons. The van der Waals surface area contributed by atoms with Crippen molar-refractivity contribution in [2.75, 3.05) is 13.2 Å². The molecule has 0 aromatic heterocycles. The molecule has 5 nitrogen and oxygen atoms in total. The second-order valence-corrected chi connectivity index (χ2v) is 4.33. The molecule has 0 heterocycles. The lowest BCUT2D eigenvalue weighted by molar-refractivity contribution is -0.118. The lowest BCUT2D eigenvalue weighted by Crippen LogP contribution is -2.25. The zero-order valence-electron chi connectivity index (χ0n) is 11.5. The van der Waals surface area contributed by atoms with Gasteiger partial charge in [0.1, 0.15) is 12.4 Å². The van der Waals surface area contributed by atoms with E-state index in [0.717, 1.165) is 6.07 Å². The first-order chi connectivity index (χ1) is 10.0. The number of benzene rings is 1. The summed E-state index contributed by atoms with van der Waals surface area (Å²) in [6, 6.07) is 3.92. The van der Waals surface area contributed by atoms with Crippen LogP contribution in [-0.4, -0.2) is 30.1 Å². The first-order valence-electron chi connectivity index (χ1n) is 6.50.